The molecule has 0 radical (unpaired) electrons. The van der Waals surface area contributed by atoms with Gasteiger partial charge in [-0.2, -0.15) is 0 Å². The lowest BCUT2D eigenvalue weighted by atomic mass is 10.2. The molecule has 0 spiro atoms. The van der Waals surface area contributed by atoms with E-state index in [0.29, 0.717) is 42.2 Å². The molecule has 0 bridgehead atoms. The molecule has 2 N–H and O–H groups in total. The van der Waals surface area contributed by atoms with Gasteiger partial charge in [0.05, 0.1) is 23.9 Å². The molecule has 0 aliphatic heterocycles. The standard InChI is InChI=1S/C17H25ClN2O3/c1-3-22-9-10-23-17-14(18)5-4-6-15(17)19-11-16(21)20-12(2)13-7-8-13/h4-6,12-13,19H,3,7-11H2,1-2H3,(H,20,21)/t12-/m0/s1. The van der Waals surface area contributed by atoms with Crippen molar-refractivity contribution in [2.24, 2.45) is 5.92 Å². The Kier molecular flexibility index (Phi) is 6.99. The molecule has 0 saturated heterocycles. The fraction of sp³-hybridized carbons (Fsp3) is 0.588. The van der Waals surface area contributed by atoms with Gasteiger partial charge in [0, 0.05) is 12.6 Å². The van der Waals surface area contributed by atoms with Crippen molar-refractivity contribution in [1.82, 2.24) is 5.32 Å². The van der Waals surface area contributed by atoms with Crippen LogP contribution in [0.1, 0.15) is 26.7 Å². The largest absolute Gasteiger partial charge is 0.487 e. The molecule has 0 heterocycles. The second-order valence-corrected chi connectivity index (χ2v) is 6.12. The van der Waals surface area contributed by atoms with Crippen molar-refractivity contribution in [2.45, 2.75) is 32.7 Å². The van der Waals surface area contributed by atoms with E-state index in [9.17, 15) is 4.79 Å². The zero-order valence-corrected chi connectivity index (χ0v) is 14.5. The van der Waals surface area contributed by atoms with Crippen LogP contribution in [-0.4, -0.2) is 38.3 Å². The van der Waals surface area contributed by atoms with E-state index in [0.717, 1.165) is 0 Å². The van der Waals surface area contributed by atoms with Crippen LogP contribution in [0.3, 0.4) is 0 Å². The van der Waals surface area contributed by atoms with Gasteiger partial charge in [0.15, 0.2) is 5.75 Å². The number of ether oxygens (including phenoxy) is 2. The molecule has 1 aromatic carbocycles. The van der Waals surface area contributed by atoms with Gasteiger partial charge in [0.2, 0.25) is 5.91 Å². The van der Waals surface area contributed by atoms with E-state index >= 15 is 0 Å². The summed E-state index contributed by atoms with van der Waals surface area (Å²) in [5.41, 5.74) is 0.711. The second kappa shape index (κ2) is 8.99. The van der Waals surface area contributed by atoms with E-state index in [-0.39, 0.29) is 18.5 Å². The van der Waals surface area contributed by atoms with Crippen LogP contribution in [0.2, 0.25) is 5.02 Å². The summed E-state index contributed by atoms with van der Waals surface area (Å²) in [6, 6.07) is 5.67. The van der Waals surface area contributed by atoms with Crippen molar-refractivity contribution in [2.75, 3.05) is 31.7 Å². The molecule has 0 unspecified atom stereocenters. The third-order valence-corrected chi connectivity index (χ3v) is 4.10. The van der Waals surface area contributed by atoms with Crippen LogP contribution in [0.4, 0.5) is 5.69 Å². The van der Waals surface area contributed by atoms with E-state index in [4.69, 9.17) is 21.1 Å². The summed E-state index contributed by atoms with van der Waals surface area (Å²) in [4.78, 5) is 12.0. The van der Waals surface area contributed by atoms with Gasteiger partial charge >= 0.3 is 0 Å². The van der Waals surface area contributed by atoms with Crippen LogP contribution in [0.25, 0.3) is 0 Å². The Hall–Kier alpha value is -1.46. The Labute approximate surface area is 142 Å². The normalized spacial score (nSPS) is 15.1. The van der Waals surface area contributed by atoms with Crippen molar-refractivity contribution in [3.8, 4) is 5.75 Å². The molecule has 1 saturated carbocycles. The number of hydrogen-bond acceptors (Lipinski definition) is 4. The van der Waals surface area contributed by atoms with Crippen LogP contribution in [0.15, 0.2) is 18.2 Å². The van der Waals surface area contributed by atoms with Gasteiger partial charge in [-0.15, -0.1) is 0 Å². The van der Waals surface area contributed by atoms with Crippen LogP contribution in [0, 0.1) is 5.92 Å². The third kappa shape index (κ3) is 5.92. The average Bonchev–Trinajstić information content (AvgIpc) is 3.36. The highest BCUT2D eigenvalue weighted by Gasteiger charge is 2.28. The van der Waals surface area contributed by atoms with E-state index < -0.39 is 0 Å². The van der Waals surface area contributed by atoms with Crippen molar-refractivity contribution < 1.29 is 14.3 Å². The molecule has 2 rings (SSSR count). The van der Waals surface area contributed by atoms with Crippen LogP contribution in [0.5, 0.6) is 5.75 Å². The van der Waals surface area contributed by atoms with E-state index in [1.807, 2.05) is 19.1 Å². The molecule has 5 nitrogen and oxygen atoms in total. The Morgan fingerprint density at radius 1 is 1.39 bits per heavy atom. The molecular formula is C17H25ClN2O3. The number of amides is 1. The van der Waals surface area contributed by atoms with Crippen molar-refractivity contribution >= 4 is 23.2 Å². The summed E-state index contributed by atoms with van der Waals surface area (Å²) in [5.74, 6) is 1.17. The van der Waals surface area contributed by atoms with Gasteiger partial charge in [-0.25, -0.2) is 0 Å². The Morgan fingerprint density at radius 3 is 2.87 bits per heavy atom. The molecule has 1 amide bonds. The Morgan fingerprint density at radius 2 is 2.17 bits per heavy atom. The second-order valence-electron chi connectivity index (χ2n) is 5.71. The van der Waals surface area contributed by atoms with Gasteiger partial charge in [0.1, 0.15) is 6.61 Å². The number of carbonyl (C=O) groups excluding carboxylic acids is 1. The minimum Gasteiger partial charge on any atom is -0.487 e. The highest BCUT2D eigenvalue weighted by Crippen LogP contribution is 2.33. The van der Waals surface area contributed by atoms with Gasteiger partial charge in [-0.05, 0) is 44.7 Å². The summed E-state index contributed by atoms with van der Waals surface area (Å²) in [5, 5.41) is 6.62. The SMILES string of the molecule is CCOCCOc1c(Cl)cccc1NCC(=O)N[C@@H](C)C1CC1. The smallest absolute Gasteiger partial charge is 0.239 e. The lowest BCUT2D eigenvalue weighted by molar-refractivity contribution is -0.120. The molecule has 1 aliphatic carbocycles. The number of benzene rings is 1. The summed E-state index contributed by atoms with van der Waals surface area (Å²) < 4.78 is 10.9. The molecular weight excluding hydrogens is 316 g/mol. The minimum absolute atomic E-state index is 0.0235. The Balaban J connectivity index is 1.85. The molecule has 0 aromatic heterocycles. The first-order valence-electron chi connectivity index (χ1n) is 8.14. The predicted molar refractivity (Wildman–Crippen MR) is 92.3 cm³/mol. The molecule has 1 aliphatic rings. The quantitative estimate of drug-likeness (QED) is 0.643. The summed E-state index contributed by atoms with van der Waals surface area (Å²) in [7, 11) is 0. The lowest BCUT2D eigenvalue weighted by Gasteiger charge is -2.16. The van der Waals surface area contributed by atoms with Crippen LogP contribution >= 0.6 is 11.6 Å². The van der Waals surface area contributed by atoms with Gasteiger partial charge in [0.25, 0.3) is 0 Å². The maximum absolute atomic E-state index is 12.0. The number of hydrogen-bond donors (Lipinski definition) is 2. The molecule has 128 valence electrons. The van der Waals surface area contributed by atoms with Gasteiger partial charge in [-0.1, -0.05) is 17.7 Å². The average molecular weight is 341 g/mol. The number of halogens is 1. The van der Waals surface area contributed by atoms with E-state index in [1.165, 1.54) is 12.8 Å². The summed E-state index contributed by atoms with van der Waals surface area (Å²) >= 11 is 6.19. The number of carbonyl (C=O) groups is 1. The predicted octanol–water partition coefficient (Wildman–Crippen LogP) is 3.08. The van der Waals surface area contributed by atoms with Crippen molar-refractivity contribution in [3.63, 3.8) is 0 Å². The zero-order valence-electron chi connectivity index (χ0n) is 13.7. The number of rotatable bonds is 10. The highest BCUT2D eigenvalue weighted by molar-refractivity contribution is 6.32. The molecule has 1 fully saturated rings. The highest BCUT2D eigenvalue weighted by atomic mass is 35.5. The maximum atomic E-state index is 12.0. The van der Waals surface area contributed by atoms with Gasteiger partial charge in [-0.3, -0.25) is 4.79 Å². The zero-order chi connectivity index (χ0) is 16.7. The fourth-order valence-electron chi connectivity index (χ4n) is 2.34. The van der Waals surface area contributed by atoms with Gasteiger partial charge < -0.3 is 20.1 Å². The molecule has 6 heteroatoms. The van der Waals surface area contributed by atoms with Crippen LogP contribution in [-0.2, 0) is 9.53 Å². The lowest BCUT2D eigenvalue weighted by Crippen LogP contribution is -2.37. The Bertz CT molecular complexity index is 521. The molecule has 23 heavy (non-hydrogen) atoms. The maximum Gasteiger partial charge on any atom is 0.239 e. The van der Waals surface area contributed by atoms with E-state index in [2.05, 4.69) is 17.6 Å². The number of anilines is 1. The topological polar surface area (TPSA) is 59.6 Å². The molecule has 1 atom stereocenters. The molecule has 1 aromatic rings. The number of nitrogens with one attached hydrogen (secondary N) is 2. The van der Waals surface area contributed by atoms with E-state index in [1.54, 1.807) is 6.07 Å². The summed E-state index contributed by atoms with van der Waals surface area (Å²) in [6.45, 7) is 5.74. The minimum atomic E-state index is -0.0235. The van der Waals surface area contributed by atoms with Crippen molar-refractivity contribution in [1.29, 1.82) is 0 Å². The summed E-state index contributed by atoms with van der Waals surface area (Å²) in [6.07, 6.45) is 2.42. The first-order chi connectivity index (χ1) is 11.1. The first-order valence-corrected chi connectivity index (χ1v) is 8.52. The first kappa shape index (κ1) is 17.9. The number of para-hydroxylation sites is 1. The monoisotopic (exact) mass is 340 g/mol. The van der Waals surface area contributed by atoms with Crippen LogP contribution < -0.4 is 15.4 Å². The fourth-order valence-corrected chi connectivity index (χ4v) is 2.57. The third-order valence-electron chi connectivity index (χ3n) is 3.80. The van der Waals surface area contributed by atoms with Crippen molar-refractivity contribution in [3.05, 3.63) is 23.2 Å².